The summed E-state index contributed by atoms with van der Waals surface area (Å²) in [5, 5.41) is 1.97. The third-order valence-corrected chi connectivity index (χ3v) is 8.15. The van der Waals surface area contributed by atoms with Crippen LogP contribution in [0.4, 0.5) is 26.3 Å². The molecule has 0 amide bonds. The Bertz CT molecular complexity index is 1310. The largest absolute Gasteiger partial charge is 0.437 e. The summed E-state index contributed by atoms with van der Waals surface area (Å²) in [6.07, 6.45) is -11.7. The molecule has 172 valence electrons. The van der Waals surface area contributed by atoms with Gasteiger partial charge in [0.05, 0.1) is 5.56 Å². The summed E-state index contributed by atoms with van der Waals surface area (Å²) in [6, 6.07) is 19.5. The van der Waals surface area contributed by atoms with Gasteiger partial charge in [0.2, 0.25) is 0 Å². The molecule has 4 rings (SSSR count). The second-order valence-electron chi connectivity index (χ2n) is 7.39. The molecular weight excluding hydrogens is 581 g/mol. The molecule has 0 bridgehead atoms. The normalized spacial score (nSPS) is 13.0. The van der Waals surface area contributed by atoms with Crippen LogP contribution >= 0.6 is 33.1 Å². The molecule has 33 heavy (non-hydrogen) atoms. The Hall–Kier alpha value is -2.34. The second kappa shape index (κ2) is 8.15. The first-order valence-corrected chi connectivity index (χ1v) is 11.7. The lowest BCUT2D eigenvalue weighted by Crippen LogP contribution is -2.57. The van der Waals surface area contributed by atoms with E-state index < -0.39 is 34.4 Å². The Morgan fingerprint density at radius 1 is 0.818 bits per heavy atom. The number of fused-ring (bicyclic) bond motifs is 3. The molecule has 1 aromatic heterocycles. The lowest BCUT2D eigenvalue weighted by molar-refractivity contribution is -0.358. The molecule has 0 saturated heterocycles. The number of esters is 1. The average molecular weight is 595 g/mol. The molecule has 0 aliphatic carbocycles. The number of hydrogen-bond acceptors (Lipinski definition) is 2. The minimum Gasteiger partial charge on any atom is -0.436 e. The number of thiophene rings is 1. The van der Waals surface area contributed by atoms with Crippen molar-refractivity contribution in [1.29, 1.82) is 0 Å². The summed E-state index contributed by atoms with van der Waals surface area (Å²) < 4.78 is 85.7. The zero-order chi connectivity index (χ0) is 24.2. The zero-order valence-corrected chi connectivity index (χ0v) is 19.7. The van der Waals surface area contributed by atoms with Crippen LogP contribution in [0.15, 0.2) is 66.7 Å². The Morgan fingerprint density at radius 3 is 1.79 bits per heavy atom. The van der Waals surface area contributed by atoms with Crippen molar-refractivity contribution in [1.82, 2.24) is 0 Å². The van der Waals surface area contributed by atoms with Crippen molar-refractivity contribution in [3.8, 4) is 4.90 Å². The topological polar surface area (TPSA) is 26.3 Å². The Kier molecular flexibility index (Phi) is 5.88. The van der Waals surface area contributed by atoms with Crippen LogP contribution in [0.3, 0.4) is 0 Å². The Labute approximate surface area is 200 Å². The molecule has 0 N–H and O–H groups in total. The van der Waals surface area contributed by atoms with E-state index in [-0.39, 0.29) is 12.5 Å². The molecule has 0 unspecified atom stereocenters. The number of carbonyl (C=O) groups excluding carboxylic acids is 1. The molecule has 0 fully saturated rings. The van der Waals surface area contributed by atoms with Crippen LogP contribution in [0.2, 0.25) is 0 Å². The number of alkyl halides is 6. The summed E-state index contributed by atoms with van der Waals surface area (Å²) in [6.45, 7) is -0.190. The van der Waals surface area contributed by atoms with E-state index in [0.717, 1.165) is 20.2 Å². The van der Waals surface area contributed by atoms with Crippen molar-refractivity contribution < 1.29 is 35.9 Å². The molecule has 3 aromatic carbocycles. The molecule has 0 aliphatic heterocycles. The number of carbonyl (C=O) groups is 1. The van der Waals surface area contributed by atoms with Gasteiger partial charge < -0.3 is 4.74 Å². The summed E-state index contributed by atoms with van der Waals surface area (Å²) in [5.74, 6) is -1.70. The van der Waals surface area contributed by atoms with Crippen molar-refractivity contribution in [2.75, 3.05) is 0 Å². The fourth-order valence-electron chi connectivity index (χ4n) is 3.43. The maximum absolute atomic E-state index is 13.2. The lowest BCUT2D eigenvalue weighted by Gasteiger charge is -2.33. The molecule has 1 heterocycles. The number of halogens is 7. The Balaban J connectivity index is 1.86. The predicted molar refractivity (Wildman–Crippen MR) is 124 cm³/mol. The molecule has 10 heteroatoms. The maximum atomic E-state index is 13.2. The van der Waals surface area contributed by atoms with Crippen LogP contribution in [0.25, 0.3) is 25.1 Å². The average Bonchev–Trinajstić information content (AvgIpc) is 3.06. The third-order valence-electron chi connectivity index (χ3n) is 5.23. The number of hydrogen-bond donors (Lipinski definition) is 0. The highest BCUT2D eigenvalue weighted by atomic mass is 127. The van der Waals surface area contributed by atoms with E-state index in [1.54, 1.807) is 6.07 Å². The summed E-state index contributed by atoms with van der Waals surface area (Å²) >= 11 is 1.87. The van der Waals surface area contributed by atoms with Crippen LogP contribution in [-0.4, -0.2) is 23.9 Å². The highest BCUT2D eigenvalue weighted by Gasteiger charge is 2.71. The maximum Gasteiger partial charge on any atom is 0.437 e. The van der Waals surface area contributed by atoms with Gasteiger partial charge in [-0.3, -0.25) is 0 Å². The summed E-state index contributed by atoms with van der Waals surface area (Å²) in [5.41, 5.74) is -5.01. The minimum atomic E-state index is -5.84. The molecule has 0 atom stereocenters. The van der Waals surface area contributed by atoms with Gasteiger partial charge in [-0.2, -0.15) is 26.3 Å². The Morgan fingerprint density at radius 2 is 1.30 bits per heavy atom. The lowest BCUT2D eigenvalue weighted by atomic mass is 10.1. The van der Waals surface area contributed by atoms with Crippen molar-refractivity contribution in [2.45, 2.75) is 24.9 Å². The van der Waals surface area contributed by atoms with E-state index in [2.05, 4.69) is 4.74 Å². The van der Waals surface area contributed by atoms with E-state index in [1.807, 2.05) is 71.1 Å². The van der Waals surface area contributed by atoms with Gasteiger partial charge in [0.1, 0.15) is 0 Å². The first kappa shape index (κ1) is 23.8. The van der Waals surface area contributed by atoms with E-state index in [9.17, 15) is 31.1 Å². The fraction of sp³-hybridized carbons (Fsp3) is 0.174. The SMILES string of the molecule is CC(OC(=O)c1cc(I)cc(-[s+]2c3ccccc3c3ccccc32)c1)(C(F)(F)F)C(F)(F)F. The van der Waals surface area contributed by atoms with Gasteiger partial charge in [0.25, 0.3) is 5.60 Å². The molecular formula is C23H14F6IO2S+. The van der Waals surface area contributed by atoms with Crippen molar-refractivity contribution >= 4 is 59.2 Å². The smallest absolute Gasteiger partial charge is 0.436 e. The van der Waals surface area contributed by atoms with Gasteiger partial charge in [0.15, 0.2) is 14.3 Å². The van der Waals surface area contributed by atoms with Crippen molar-refractivity contribution in [3.05, 3.63) is 75.9 Å². The predicted octanol–water partition coefficient (Wildman–Crippen LogP) is 8.38. The first-order chi connectivity index (χ1) is 15.3. The van der Waals surface area contributed by atoms with Gasteiger partial charge >= 0.3 is 18.3 Å². The van der Waals surface area contributed by atoms with Crippen molar-refractivity contribution in [2.24, 2.45) is 0 Å². The molecule has 2 nitrogen and oxygen atoms in total. The summed E-state index contributed by atoms with van der Waals surface area (Å²) in [4.78, 5) is 13.1. The summed E-state index contributed by atoms with van der Waals surface area (Å²) in [7, 11) is -0.692. The van der Waals surface area contributed by atoms with Crippen LogP contribution in [0.5, 0.6) is 0 Å². The van der Waals surface area contributed by atoms with Gasteiger partial charge in [0, 0.05) is 36.9 Å². The van der Waals surface area contributed by atoms with Gasteiger partial charge in [-0.25, -0.2) is 4.79 Å². The molecule has 4 aromatic rings. The monoisotopic (exact) mass is 595 g/mol. The second-order valence-corrected chi connectivity index (χ2v) is 10.6. The van der Waals surface area contributed by atoms with E-state index >= 15 is 0 Å². The quantitative estimate of drug-likeness (QED) is 0.103. The molecule has 0 spiro atoms. The van der Waals surface area contributed by atoms with Crippen molar-refractivity contribution in [3.63, 3.8) is 0 Å². The van der Waals surface area contributed by atoms with Gasteiger partial charge in [-0.1, -0.05) is 24.3 Å². The standard InChI is InChI=1S/C23H14F6IO2S/c1-21(22(24,25)26,23(27,28)29)32-20(31)13-10-14(30)12-15(11-13)33-18-8-4-2-6-16(18)17-7-3-5-9-19(17)33/h2-12H,1H3/q+1. The molecule has 0 radical (unpaired) electrons. The van der Waals surface area contributed by atoms with Crippen LogP contribution in [-0.2, 0) is 4.74 Å². The highest BCUT2D eigenvalue weighted by Crippen LogP contribution is 2.49. The highest BCUT2D eigenvalue weighted by molar-refractivity contribution is 14.1. The van der Waals surface area contributed by atoms with Crippen LogP contribution in [0.1, 0.15) is 17.3 Å². The zero-order valence-electron chi connectivity index (χ0n) is 16.7. The first-order valence-electron chi connectivity index (χ1n) is 9.43. The minimum absolute atomic E-state index is 0.190. The molecule has 0 saturated carbocycles. The van der Waals surface area contributed by atoms with Crippen LogP contribution in [0, 0.1) is 3.57 Å². The van der Waals surface area contributed by atoms with Crippen LogP contribution < -0.4 is 0 Å². The van der Waals surface area contributed by atoms with E-state index in [0.29, 0.717) is 8.47 Å². The van der Waals surface area contributed by atoms with Gasteiger partial charge in [-0.05, 0) is 59.8 Å². The molecule has 0 aliphatic rings. The number of benzene rings is 3. The fourth-order valence-corrected chi connectivity index (χ4v) is 6.77. The van der Waals surface area contributed by atoms with E-state index in [1.165, 1.54) is 12.1 Å². The van der Waals surface area contributed by atoms with E-state index in [4.69, 9.17) is 0 Å². The number of rotatable bonds is 3. The number of ether oxygens (including phenoxy) is 1. The third kappa shape index (κ3) is 4.07. The van der Waals surface area contributed by atoms with Gasteiger partial charge in [-0.15, -0.1) is 0 Å².